The van der Waals surface area contributed by atoms with Crippen molar-refractivity contribution in [2.45, 2.75) is 0 Å². The third-order valence-corrected chi connectivity index (χ3v) is 1.20. The van der Waals surface area contributed by atoms with Gasteiger partial charge < -0.3 is 10.4 Å². The molecule has 0 bridgehead atoms. The normalized spacial score (nSPS) is 18.6. The Bertz CT molecular complexity index is 151. The summed E-state index contributed by atoms with van der Waals surface area (Å²) in [6, 6.07) is 0. The highest BCUT2D eigenvalue weighted by molar-refractivity contribution is 6.29. The molecule has 44 valence electrons. The molecule has 3 heteroatoms. The van der Waals surface area contributed by atoms with E-state index in [9.17, 15) is 0 Å². The number of aliphatic hydroxyl groups is 1. The largest absolute Gasteiger partial charge is 0.505 e. The van der Waals surface area contributed by atoms with Gasteiger partial charge in [-0.3, -0.25) is 0 Å². The van der Waals surface area contributed by atoms with Crippen LogP contribution in [0.3, 0.4) is 0 Å². The lowest BCUT2D eigenvalue weighted by atomic mass is 10.4. The summed E-state index contributed by atoms with van der Waals surface area (Å²) in [5.74, 6) is 0.109. The van der Waals surface area contributed by atoms with Gasteiger partial charge in [0.25, 0.3) is 0 Å². The third kappa shape index (κ3) is 0.954. The molecular weight excluding hydrogens is 126 g/mol. The van der Waals surface area contributed by atoms with Gasteiger partial charge in [-0.2, -0.15) is 0 Å². The fourth-order valence-electron chi connectivity index (χ4n) is 0.483. The number of dihydropyridines is 1. The third-order valence-electron chi connectivity index (χ3n) is 0.876. The second-order valence-electron chi connectivity index (χ2n) is 1.48. The summed E-state index contributed by atoms with van der Waals surface area (Å²) in [5.41, 5.74) is 0. The Morgan fingerprint density at radius 2 is 2.50 bits per heavy atom. The molecule has 0 spiro atoms. The van der Waals surface area contributed by atoms with Crippen molar-refractivity contribution in [3.05, 3.63) is 23.1 Å². The Hall–Kier alpha value is -0.630. The lowest BCUT2D eigenvalue weighted by Gasteiger charge is -2.05. The van der Waals surface area contributed by atoms with Gasteiger partial charge in [0.1, 0.15) is 10.9 Å². The Labute approximate surface area is 52.5 Å². The topological polar surface area (TPSA) is 32.3 Å². The number of hydrogen-bond donors (Lipinski definition) is 2. The molecule has 0 aromatic heterocycles. The lowest BCUT2D eigenvalue weighted by Crippen LogP contribution is -2.13. The molecule has 8 heavy (non-hydrogen) atoms. The van der Waals surface area contributed by atoms with Crippen molar-refractivity contribution in [3.63, 3.8) is 0 Å². The summed E-state index contributed by atoms with van der Waals surface area (Å²) in [7, 11) is 0. The molecule has 2 nitrogen and oxygen atoms in total. The molecule has 0 unspecified atom stereocenters. The Morgan fingerprint density at radius 1 is 1.75 bits per heavy atom. The van der Waals surface area contributed by atoms with Crippen LogP contribution in [0.25, 0.3) is 0 Å². The molecule has 1 heterocycles. The number of rotatable bonds is 0. The van der Waals surface area contributed by atoms with E-state index in [0.29, 0.717) is 11.7 Å². The first-order chi connectivity index (χ1) is 3.80. The van der Waals surface area contributed by atoms with Gasteiger partial charge in [-0.15, -0.1) is 0 Å². The van der Waals surface area contributed by atoms with Gasteiger partial charge >= 0.3 is 0 Å². The summed E-state index contributed by atoms with van der Waals surface area (Å²) in [4.78, 5) is 0. The van der Waals surface area contributed by atoms with E-state index in [-0.39, 0.29) is 5.76 Å². The second-order valence-corrected chi connectivity index (χ2v) is 1.86. The molecule has 0 saturated heterocycles. The standard InChI is InChI=1S/C5H6ClNO/c6-5-4(8)2-1-3-7-5/h1-2,7-8H,3H2. The van der Waals surface area contributed by atoms with Crippen LogP contribution in [0.1, 0.15) is 0 Å². The summed E-state index contributed by atoms with van der Waals surface area (Å²) in [6.45, 7) is 0.697. The van der Waals surface area contributed by atoms with E-state index in [1.807, 2.05) is 0 Å². The highest BCUT2D eigenvalue weighted by Gasteiger charge is 1.99. The Kier molecular flexibility index (Phi) is 1.44. The van der Waals surface area contributed by atoms with Crippen LogP contribution in [0.15, 0.2) is 23.1 Å². The molecule has 0 radical (unpaired) electrons. The van der Waals surface area contributed by atoms with E-state index < -0.39 is 0 Å². The predicted molar refractivity (Wildman–Crippen MR) is 32.7 cm³/mol. The van der Waals surface area contributed by atoms with Crippen molar-refractivity contribution >= 4 is 11.6 Å². The highest BCUT2D eigenvalue weighted by Crippen LogP contribution is 2.06. The molecule has 0 saturated carbocycles. The van der Waals surface area contributed by atoms with Gasteiger partial charge in [-0.05, 0) is 6.08 Å². The van der Waals surface area contributed by atoms with E-state index in [1.54, 1.807) is 12.2 Å². The number of halogens is 1. The zero-order valence-electron chi connectivity index (χ0n) is 4.19. The molecule has 1 aliphatic rings. The molecule has 1 aliphatic heterocycles. The summed E-state index contributed by atoms with van der Waals surface area (Å²) in [5, 5.41) is 11.8. The summed E-state index contributed by atoms with van der Waals surface area (Å²) < 4.78 is 0. The van der Waals surface area contributed by atoms with Crippen molar-refractivity contribution in [1.82, 2.24) is 5.32 Å². The molecule has 0 atom stereocenters. The van der Waals surface area contributed by atoms with Gasteiger partial charge in [-0.1, -0.05) is 17.7 Å². The number of hydrogen-bond acceptors (Lipinski definition) is 2. The van der Waals surface area contributed by atoms with E-state index in [2.05, 4.69) is 5.32 Å². The molecule has 0 aliphatic carbocycles. The summed E-state index contributed by atoms with van der Waals surface area (Å²) >= 11 is 5.43. The van der Waals surface area contributed by atoms with Crippen molar-refractivity contribution in [2.75, 3.05) is 6.54 Å². The quantitative estimate of drug-likeness (QED) is 0.483. The molecule has 0 amide bonds. The monoisotopic (exact) mass is 131 g/mol. The minimum atomic E-state index is 0.109. The Morgan fingerprint density at radius 3 is 2.88 bits per heavy atom. The van der Waals surface area contributed by atoms with Crippen LogP contribution in [0.5, 0.6) is 0 Å². The average molecular weight is 132 g/mol. The SMILES string of the molecule is OC1=C(Cl)NCC=C1. The maximum absolute atomic E-state index is 8.78. The molecular formula is C5H6ClNO. The predicted octanol–water partition coefficient (Wildman–Crippen LogP) is 1.11. The van der Waals surface area contributed by atoms with E-state index in [0.717, 1.165) is 0 Å². The number of aliphatic hydroxyl groups excluding tert-OH is 1. The fourth-order valence-corrected chi connectivity index (χ4v) is 0.623. The van der Waals surface area contributed by atoms with Crippen molar-refractivity contribution in [3.8, 4) is 0 Å². The fraction of sp³-hybridized carbons (Fsp3) is 0.200. The van der Waals surface area contributed by atoms with Gasteiger partial charge in [0, 0.05) is 6.54 Å². The van der Waals surface area contributed by atoms with Gasteiger partial charge in [0.05, 0.1) is 0 Å². The van der Waals surface area contributed by atoms with Crippen LogP contribution < -0.4 is 5.32 Å². The first-order valence-corrected chi connectivity index (χ1v) is 2.67. The van der Waals surface area contributed by atoms with Crippen molar-refractivity contribution in [2.24, 2.45) is 0 Å². The van der Waals surface area contributed by atoms with Crippen molar-refractivity contribution < 1.29 is 5.11 Å². The molecule has 1 rings (SSSR count). The van der Waals surface area contributed by atoms with Crippen LogP contribution in [0.4, 0.5) is 0 Å². The zero-order valence-corrected chi connectivity index (χ0v) is 4.94. The maximum Gasteiger partial charge on any atom is 0.150 e. The molecule has 0 fully saturated rings. The van der Waals surface area contributed by atoms with E-state index >= 15 is 0 Å². The first kappa shape index (κ1) is 5.51. The van der Waals surface area contributed by atoms with E-state index in [4.69, 9.17) is 16.7 Å². The lowest BCUT2D eigenvalue weighted by molar-refractivity contribution is 0.422. The maximum atomic E-state index is 8.78. The zero-order chi connectivity index (χ0) is 5.98. The van der Waals surface area contributed by atoms with E-state index in [1.165, 1.54) is 0 Å². The van der Waals surface area contributed by atoms with Crippen LogP contribution in [0, 0.1) is 0 Å². The minimum Gasteiger partial charge on any atom is -0.505 e. The number of allylic oxidation sites excluding steroid dienone is 1. The van der Waals surface area contributed by atoms with Crippen LogP contribution in [0.2, 0.25) is 0 Å². The van der Waals surface area contributed by atoms with Gasteiger partial charge in [0.2, 0.25) is 0 Å². The Balaban J connectivity index is 2.76. The molecule has 0 aromatic rings. The van der Waals surface area contributed by atoms with Crippen LogP contribution >= 0.6 is 11.6 Å². The number of nitrogens with one attached hydrogen (secondary N) is 1. The van der Waals surface area contributed by atoms with Crippen molar-refractivity contribution in [1.29, 1.82) is 0 Å². The summed E-state index contributed by atoms with van der Waals surface area (Å²) in [6.07, 6.45) is 3.36. The smallest absolute Gasteiger partial charge is 0.150 e. The van der Waals surface area contributed by atoms with Crippen LogP contribution in [-0.2, 0) is 0 Å². The minimum absolute atomic E-state index is 0.109. The first-order valence-electron chi connectivity index (χ1n) is 2.30. The average Bonchev–Trinajstić information content (AvgIpc) is 1.77. The second kappa shape index (κ2) is 2.09. The molecule has 0 aromatic carbocycles. The van der Waals surface area contributed by atoms with Gasteiger partial charge in [0.15, 0.2) is 0 Å². The van der Waals surface area contributed by atoms with Gasteiger partial charge in [-0.25, -0.2) is 0 Å². The molecule has 2 N–H and O–H groups in total. The van der Waals surface area contributed by atoms with Crippen LogP contribution in [-0.4, -0.2) is 11.7 Å². The highest BCUT2D eigenvalue weighted by atomic mass is 35.5.